The maximum absolute atomic E-state index is 13.9. The van der Waals surface area contributed by atoms with Gasteiger partial charge in [0.05, 0.1) is 18.7 Å². The van der Waals surface area contributed by atoms with Crippen LogP contribution in [0.25, 0.3) is 0 Å². The lowest BCUT2D eigenvalue weighted by Crippen LogP contribution is -2.58. The van der Waals surface area contributed by atoms with Crippen LogP contribution in [0.2, 0.25) is 0 Å². The number of hydroxylamine groups is 2. The van der Waals surface area contributed by atoms with E-state index in [2.05, 4.69) is 4.90 Å². The zero-order chi connectivity index (χ0) is 29.2. The highest BCUT2D eigenvalue weighted by molar-refractivity contribution is 5.97. The number of hydrogen-bond acceptors (Lipinski definition) is 7. The maximum Gasteiger partial charge on any atom is 0.340 e. The van der Waals surface area contributed by atoms with E-state index in [0.29, 0.717) is 73.1 Å². The van der Waals surface area contributed by atoms with E-state index in [9.17, 15) is 19.6 Å². The Morgan fingerprint density at radius 3 is 2.10 bits per heavy atom. The third-order valence-corrected chi connectivity index (χ3v) is 9.15. The number of quaternary nitrogens is 1. The quantitative estimate of drug-likeness (QED) is 0.265. The van der Waals surface area contributed by atoms with Crippen LogP contribution < -0.4 is 14.3 Å². The van der Waals surface area contributed by atoms with Gasteiger partial charge in [0, 0.05) is 80.6 Å². The van der Waals surface area contributed by atoms with Crippen LogP contribution in [0, 0.1) is 5.21 Å². The molecule has 3 aromatic rings. The van der Waals surface area contributed by atoms with Gasteiger partial charge in [0.1, 0.15) is 30.3 Å². The van der Waals surface area contributed by atoms with Crippen LogP contribution >= 0.6 is 0 Å². The van der Waals surface area contributed by atoms with Crippen LogP contribution in [0.5, 0.6) is 11.5 Å². The predicted molar refractivity (Wildman–Crippen MR) is 156 cm³/mol. The standard InChI is InChI=1S/C32H32N4O6/c1-21(37)33-11-13-35(14-12-33)23-7-9-27-29(19-23)41-30-20-24(36(40)17-15-34(16-18-36)22(2)38)8-10-28(30)32(27)26-6-4-3-5-25(26)31(39)42-32/h3-10,19-20H,11-18H2,1-2H3. The van der Waals surface area contributed by atoms with Crippen molar-refractivity contribution in [2.75, 3.05) is 57.3 Å². The molecule has 4 aliphatic rings. The van der Waals surface area contributed by atoms with Crippen LogP contribution in [0.3, 0.4) is 0 Å². The van der Waals surface area contributed by atoms with E-state index in [4.69, 9.17) is 9.47 Å². The summed E-state index contributed by atoms with van der Waals surface area (Å²) in [5, 5.41) is 13.9. The van der Waals surface area contributed by atoms with E-state index in [0.717, 1.165) is 11.3 Å². The number of esters is 1. The van der Waals surface area contributed by atoms with Gasteiger partial charge in [-0.25, -0.2) is 4.79 Å². The Hall–Kier alpha value is -4.41. The summed E-state index contributed by atoms with van der Waals surface area (Å²) in [6.45, 7) is 7.02. The fraction of sp³-hybridized carbons (Fsp3) is 0.344. The second-order valence-corrected chi connectivity index (χ2v) is 11.4. The van der Waals surface area contributed by atoms with E-state index in [1.807, 2.05) is 47.4 Å². The molecule has 2 amide bonds. The number of carbonyl (C=O) groups excluding carboxylic acids is 3. The molecule has 4 heterocycles. The number of fused-ring (bicyclic) bond motifs is 6. The second-order valence-electron chi connectivity index (χ2n) is 11.4. The number of amides is 2. The third-order valence-electron chi connectivity index (χ3n) is 9.15. The molecule has 0 radical (unpaired) electrons. The molecule has 1 atom stereocenters. The molecular formula is C32H32N4O6. The largest absolute Gasteiger partial charge is 0.627 e. The van der Waals surface area contributed by atoms with Crippen LogP contribution in [0.4, 0.5) is 11.4 Å². The van der Waals surface area contributed by atoms with Crippen molar-refractivity contribution >= 4 is 29.2 Å². The Morgan fingerprint density at radius 2 is 1.40 bits per heavy atom. The minimum absolute atomic E-state index is 0.0335. The van der Waals surface area contributed by atoms with Gasteiger partial charge in [-0.15, -0.1) is 0 Å². The fourth-order valence-electron chi connectivity index (χ4n) is 6.74. The lowest BCUT2D eigenvalue weighted by atomic mass is 9.77. The molecule has 216 valence electrons. The van der Waals surface area contributed by atoms with Gasteiger partial charge in [0.25, 0.3) is 0 Å². The van der Waals surface area contributed by atoms with Crippen LogP contribution in [0.15, 0.2) is 60.7 Å². The molecule has 3 aromatic carbocycles. The van der Waals surface area contributed by atoms with Crippen molar-refractivity contribution in [2.45, 2.75) is 19.4 Å². The highest BCUT2D eigenvalue weighted by Gasteiger charge is 2.54. The first-order valence-electron chi connectivity index (χ1n) is 14.3. The smallest absolute Gasteiger partial charge is 0.340 e. The van der Waals surface area contributed by atoms with Gasteiger partial charge in [0.15, 0.2) is 5.60 Å². The van der Waals surface area contributed by atoms with Crippen molar-refractivity contribution in [1.29, 1.82) is 0 Å². The topological polar surface area (TPSA) is 102 Å². The normalized spacial score (nSPS) is 22.2. The van der Waals surface area contributed by atoms with Crippen LogP contribution in [-0.4, -0.2) is 79.9 Å². The molecule has 2 saturated heterocycles. The van der Waals surface area contributed by atoms with E-state index >= 15 is 0 Å². The number of hydrogen-bond donors (Lipinski definition) is 0. The summed E-state index contributed by atoms with van der Waals surface area (Å²) in [7, 11) is 0. The van der Waals surface area contributed by atoms with E-state index in [1.54, 1.807) is 30.0 Å². The summed E-state index contributed by atoms with van der Waals surface area (Å²) in [6.07, 6.45) is 0. The fourth-order valence-corrected chi connectivity index (χ4v) is 6.74. The molecule has 2 fully saturated rings. The van der Waals surface area contributed by atoms with Gasteiger partial charge in [-0.2, -0.15) is 0 Å². The zero-order valence-corrected chi connectivity index (χ0v) is 23.7. The van der Waals surface area contributed by atoms with E-state index in [1.165, 1.54) is 6.92 Å². The third kappa shape index (κ3) is 3.97. The molecule has 0 aromatic heterocycles. The predicted octanol–water partition coefficient (Wildman–Crippen LogP) is 3.59. The lowest BCUT2D eigenvalue weighted by Gasteiger charge is -2.48. The lowest BCUT2D eigenvalue weighted by molar-refractivity contribution is -0.130. The van der Waals surface area contributed by atoms with Gasteiger partial charge in [-0.05, 0) is 24.3 Å². The van der Waals surface area contributed by atoms with E-state index < -0.39 is 16.2 Å². The molecule has 1 unspecified atom stereocenters. The van der Waals surface area contributed by atoms with Crippen molar-refractivity contribution in [3.8, 4) is 11.5 Å². The van der Waals surface area contributed by atoms with Crippen LogP contribution in [0.1, 0.15) is 40.9 Å². The number of anilines is 1. The van der Waals surface area contributed by atoms with Gasteiger partial charge < -0.3 is 34.0 Å². The number of benzene rings is 3. The molecule has 42 heavy (non-hydrogen) atoms. The van der Waals surface area contributed by atoms with Crippen molar-refractivity contribution in [3.05, 3.63) is 88.1 Å². The Labute approximate surface area is 243 Å². The molecule has 0 bridgehead atoms. The van der Waals surface area contributed by atoms with Gasteiger partial charge in [-0.1, -0.05) is 18.2 Å². The molecule has 0 saturated carbocycles. The average Bonchev–Trinajstić information content (AvgIpc) is 3.29. The van der Waals surface area contributed by atoms with Crippen molar-refractivity contribution in [3.63, 3.8) is 0 Å². The van der Waals surface area contributed by atoms with E-state index in [-0.39, 0.29) is 24.9 Å². The van der Waals surface area contributed by atoms with Gasteiger partial charge >= 0.3 is 5.97 Å². The molecule has 0 N–H and O–H groups in total. The Bertz CT molecular complexity index is 1620. The second kappa shape index (κ2) is 9.57. The number of piperazine rings is 2. The Kier molecular flexibility index (Phi) is 6.04. The van der Waals surface area contributed by atoms with Crippen molar-refractivity contribution in [1.82, 2.24) is 14.4 Å². The minimum Gasteiger partial charge on any atom is -0.627 e. The molecular weight excluding hydrogens is 536 g/mol. The van der Waals surface area contributed by atoms with Crippen molar-refractivity contribution < 1.29 is 23.9 Å². The number of ether oxygens (including phenoxy) is 2. The minimum atomic E-state index is -1.22. The molecule has 10 nitrogen and oxygen atoms in total. The van der Waals surface area contributed by atoms with Crippen LogP contribution in [-0.2, 0) is 19.9 Å². The maximum atomic E-state index is 13.9. The Balaban J connectivity index is 1.31. The number of carbonyl (C=O) groups is 3. The number of nitrogens with zero attached hydrogens (tertiary/aromatic N) is 4. The molecule has 0 aliphatic carbocycles. The average molecular weight is 569 g/mol. The first-order chi connectivity index (χ1) is 20.2. The first kappa shape index (κ1) is 26.5. The highest BCUT2D eigenvalue weighted by atomic mass is 16.6. The summed E-state index contributed by atoms with van der Waals surface area (Å²) >= 11 is 0. The summed E-state index contributed by atoms with van der Waals surface area (Å²) in [4.78, 5) is 42.7. The first-order valence-corrected chi connectivity index (χ1v) is 14.3. The summed E-state index contributed by atoms with van der Waals surface area (Å²) in [6, 6.07) is 18.7. The SMILES string of the molecule is CC(=O)N1CCN(c2ccc3c(c2)Oc2cc([N+]4([O-])CCN(C(C)=O)CC4)ccc2C32OC(=O)c3ccccc32)CC1. The summed E-state index contributed by atoms with van der Waals surface area (Å²) < 4.78 is 12.3. The summed E-state index contributed by atoms with van der Waals surface area (Å²) in [5.74, 6) is 0.639. The molecule has 4 aliphatic heterocycles. The monoisotopic (exact) mass is 568 g/mol. The van der Waals surface area contributed by atoms with Gasteiger partial charge in [-0.3, -0.25) is 9.59 Å². The molecule has 7 rings (SSSR count). The summed E-state index contributed by atoms with van der Waals surface area (Å²) in [5.41, 5.74) is 2.86. The number of rotatable bonds is 2. The zero-order valence-electron chi connectivity index (χ0n) is 23.7. The van der Waals surface area contributed by atoms with Crippen molar-refractivity contribution in [2.24, 2.45) is 0 Å². The van der Waals surface area contributed by atoms with Gasteiger partial charge in [0.2, 0.25) is 11.8 Å². The highest BCUT2D eigenvalue weighted by Crippen LogP contribution is 2.57. The molecule has 10 heteroatoms. The molecule has 1 spiro atoms. The Morgan fingerprint density at radius 1 is 0.786 bits per heavy atom.